The van der Waals surface area contributed by atoms with Gasteiger partial charge in [-0.25, -0.2) is 9.97 Å². The van der Waals surface area contributed by atoms with Gasteiger partial charge in [-0.15, -0.1) is 75.9 Å². The zero-order valence-electron chi connectivity index (χ0n) is 73.9. The molecule has 17 rings (SSSR count). The highest BCUT2D eigenvalue weighted by molar-refractivity contribution is 7.16. The standard InChI is InChI=1S/C24H24ClN7OS.C24H27ClN4O3S.C24H26ClN3O2S.C21H21ClN4O2S/c1-13-14(2)34-24-21(13)22(16-4-6-17(25)7-5-16)29-19(23-31-30-15(3)32(23)24)10-20(33)27-9-8-18-11-26-12-28-18;1-13-14(2)33-23-20(13)21(15-7-9-16(25)10-8-15)26-17(11-19(30)32-24(3,4)5)22-28-27-18(12-31-6)29(22)23;1-13-12-26-22-18(11-19(29)30-24(4,5)6)27-21(16-7-9-17(25)10-8-16)20-14(2)15(3)31-23(20)28(13)22;1-12-24-25-19-16(11-17(27)28-21(2,3)4)23-18(13-5-7-14(22)8-6-13)15-9-10-29-20(15)26(12)19/h4-7,11-12,19H,8-10H2,1-3H3,(H,26,28)(H,27,33);7-10,17H,11-12H2,1-6H3;7-10,12,18H,11H2,1-6H3;5-10,16H,11H2,1-4H3. The van der Waals surface area contributed by atoms with Gasteiger partial charge in [-0.2, -0.15) is 0 Å². The summed E-state index contributed by atoms with van der Waals surface area (Å²) in [5.74, 6) is 3.82. The first-order valence-electron chi connectivity index (χ1n) is 41.2. The van der Waals surface area contributed by atoms with E-state index in [2.05, 4.69) is 102 Å². The molecule has 26 nitrogen and oxygen atoms in total. The number of thiophene rings is 4. The molecule has 9 aromatic heterocycles. The Balaban J connectivity index is 0.000000137. The molecule has 13 heterocycles. The van der Waals surface area contributed by atoms with Crippen molar-refractivity contribution in [3.05, 3.63) is 275 Å². The molecule has 4 unspecified atom stereocenters. The van der Waals surface area contributed by atoms with E-state index in [1.165, 1.54) is 20.2 Å². The molecule has 0 spiro atoms. The first kappa shape index (κ1) is 92.4. The third-order valence-corrected chi connectivity index (χ3v) is 26.5. The number of methoxy groups -OCH3 is 1. The zero-order valence-corrected chi connectivity index (χ0v) is 80.2. The lowest BCUT2D eigenvalue weighted by Gasteiger charge is -2.21. The van der Waals surface area contributed by atoms with E-state index in [4.69, 9.17) is 85.3 Å². The second kappa shape index (κ2) is 38.2. The van der Waals surface area contributed by atoms with Crippen LogP contribution < -0.4 is 5.32 Å². The Kier molecular flexibility index (Phi) is 27.8. The molecular formula is C93H98Cl4N18O8S4. The number of rotatable bonds is 17. The second-order valence-electron chi connectivity index (χ2n) is 34.0. The molecule has 127 heavy (non-hydrogen) atoms. The maximum absolute atomic E-state index is 12.9. The summed E-state index contributed by atoms with van der Waals surface area (Å²) >= 11 is 31.2. The molecule has 1 amide bonds. The van der Waals surface area contributed by atoms with Crippen molar-refractivity contribution < 1.29 is 38.1 Å². The number of aliphatic imine (C=N–C) groups is 4. The maximum atomic E-state index is 12.9. The van der Waals surface area contributed by atoms with Crippen molar-refractivity contribution in [1.82, 2.24) is 69.1 Å². The Morgan fingerprint density at radius 1 is 0.441 bits per heavy atom. The predicted octanol–water partition coefficient (Wildman–Crippen LogP) is 20.7. The van der Waals surface area contributed by atoms with Crippen LogP contribution in [0.5, 0.6) is 0 Å². The van der Waals surface area contributed by atoms with Crippen LogP contribution in [0.1, 0.15) is 240 Å². The third-order valence-electron chi connectivity index (χ3n) is 21.0. The number of hydrogen-bond donors (Lipinski definition) is 2. The number of nitrogens with zero attached hydrogens (tertiary/aromatic N) is 16. The third kappa shape index (κ3) is 20.8. The number of aromatic amines is 1. The zero-order chi connectivity index (χ0) is 91.0. The summed E-state index contributed by atoms with van der Waals surface area (Å²) < 4.78 is 30.3. The number of H-pyrrole nitrogens is 1. The lowest BCUT2D eigenvalue weighted by molar-refractivity contribution is -0.156. The summed E-state index contributed by atoms with van der Waals surface area (Å²) in [5.41, 5.74) is 14.9. The molecule has 34 heteroatoms. The first-order valence-corrected chi connectivity index (χ1v) is 46.1. The number of hydrogen-bond acceptors (Lipinski definition) is 24. The number of nitrogens with one attached hydrogen (secondary N) is 2. The number of ether oxygens (including phenoxy) is 4. The molecule has 4 aliphatic heterocycles. The smallest absolute Gasteiger partial charge is 0.308 e. The lowest BCUT2D eigenvalue weighted by Crippen LogP contribution is -2.27. The molecule has 660 valence electrons. The molecule has 0 saturated heterocycles. The fourth-order valence-corrected chi connectivity index (χ4v) is 20.1. The van der Waals surface area contributed by atoms with Crippen molar-refractivity contribution in [2.75, 3.05) is 13.7 Å². The van der Waals surface area contributed by atoms with Crippen LogP contribution in [0.2, 0.25) is 20.1 Å². The van der Waals surface area contributed by atoms with E-state index in [0.717, 1.165) is 127 Å². The van der Waals surface area contributed by atoms with E-state index in [9.17, 15) is 19.2 Å². The molecule has 0 aliphatic carbocycles. The largest absolute Gasteiger partial charge is 0.460 e. The summed E-state index contributed by atoms with van der Waals surface area (Å²) in [4.78, 5) is 86.7. The monoisotopic (exact) mass is 1860 g/mol. The molecule has 0 radical (unpaired) electrons. The van der Waals surface area contributed by atoms with Crippen molar-refractivity contribution in [2.24, 2.45) is 20.0 Å². The molecule has 0 fully saturated rings. The molecule has 4 aromatic carbocycles. The van der Waals surface area contributed by atoms with E-state index in [1.807, 2.05) is 207 Å². The fraction of sp³-hybridized carbons (Fsp3) is 0.355. The Bertz CT molecular complexity index is 6400. The number of fused-ring (bicyclic) bond motifs is 12. The van der Waals surface area contributed by atoms with Crippen LogP contribution in [-0.4, -0.2) is 141 Å². The minimum atomic E-state index is -0.592. The van der Waals surface area contributed by atoms with Gasteiger partial charge in [0.15, 0.2) is 23.3 Å². The van der Waals surface area contributed by atoms with Crippen molar-refractivity contribution in [1.29, 1.82) is 0 Å². The number of imidazole rings is 2. The fourth-order valence-electron chi connectivity index (χ4n) is 15.0. The number of carbonyl (C=O) groups excluding carboxylic acids is 4. The minimum absolute atomic E-state index is 0.0481. The van der Waals surface area contributed by atoms with Crippen LogP contribution in [0.4, 0.5) is 0 Å². The molecule has 4 atom stereocenters. The summed E-state index contributed by atoms with van der Waals surface area (Å²) in [7, 11) is 1.62. The number of aromatic nitrogens is 13. The first-order chi connectivity index (χ1) is 60.3. The van der Waals surface area contributed by atoms with Gasteiger partial charge in [0.2, 0.25) is 5.91 Å². The molecule has 2 N–H and O–H groups in total. The van der Waals surface area contributed by atoms with E-state index in [1.54, 1.807) is 65.0 Å². The number of benzene rings is 4. The van der Waals surface area contributed by atoms with Crippen LogP contribution in [0, 0.1) is 62.3 Å². The summed E-state index contributed by atoms with van der Waals surface area (Å²) in [6.07, 6.45) is 6.34. The van der Waals surface area contributed by atoms with Gasteiger partial charge in [0, 0.05) is 123 Å². The lowest BCUT2D eigenvalue weighted by atomic mass is 9.99. The van der Waals surface area contributed by atoms with Gasteiger partial charge in [0.1, 0.15) is 85.1 Å². The van der Waals surface area contributed by atoms with Crippen LogP contribution in [0.3, 0.4) is 0 Å². The highest BCUT2D eigenvalue weighted by Crippen LogP contribution is 2.45. The van der Waals surface area contributed by atoms with E-state index >= 15 is 0 Å². The van der Waals surface area contributed by atoms with Gasteiger partial charge in [0.05, 0.1) is 54.9 Å². The molecule has 0 saturated carbocycles. The Morgan fingerprint density at radius 3 is 1.22 bits per heavy atom. The molecular weight excluding hydrogens is 1770 g/mol. The summed E-state index contributed by atoms with van der Waals surface area (Å²) in [6.45, 7) is 36.0. The minimum Gasteiger partial charge on any atom is -0.460 e. The molecule has 4 aliphatic rings. The average molecular weight is 1870 g/mol. The van der Waals surface area contributed by atoms with Crippen LogP contribution >= 0.6 is 91.8 Å². The van der Waals surface area contributed by atoms with Gasteiger partial charge in [-0.3, -0.25) is 57.4 Å². The van der Waals surface area contributed by atoms with Crippen molar-refractivity contribution in [2.45, 2.75) is 204 Å². The number of carbonyl (C=O) groups is 4. The number of esters is 3. The average Bonchev–Trinajstić information content (AvgIpc) is 1.60. The van der Waals surface area contributed by atoms with Crippen LogP contribution in [-0.2, 0) is 51.2 Å². The highest BCUT2D eigenvalue weighted by atomic mass is 35.5. The maximum Gasteiger partial charge on any atom is 0.308 e. The predicted molar refractivity (Wildman–Crippen MR) is 503 cm³/mol. The van der Waals surface area contributed by atoms with Gasteiger partial charge in [-0.1, -0.05) is 94.9 Å². The highest BCUT2D eigenvalue weighted by Gasteiger charge is 2.39. The normalized spacial score (nSPS) is 15.5. The van der Waals surface area contributed by atoms with Gasteiger partial charge < -0.3 is 29.2 Å². The Labute approximate surface area is 773 Å². The molecule has 0 bridgehead atoms. The summed E-state index contributed by atoms with van der Waals surface area (Å²) in [6, 6.07) is 30.5. The molecule has 13 aromatic rings. The SMILES string of the molecule is COCc1nnc2n1-c1sc(C)c(C)c1C(c1ccc(Cl)cc1)=NC2CC(=O)OC(C)(C)C.Cc1nnc2n1-c1sccc1C(c1ccc(Cl)cc1)=NC2CC(=O)OC(C)(C)C.Cc1sc2c(c1C)C(c1ccc(Cl)cc1)=NC(CC(=O)NCCc1cnc[nH]1)c1nnc(C)n1-2.Cc1sc2c(c1C)C(c1ccc(Cl)cc1)=NC(CC(=O)OC(C)(C)C)c1ncc(C)n1-2. The van der Waals surface area contributed by atoms with Gasteiger partial charge in [-0.05, 0) is 201 Å². The number of halogens is 4. The van der Waals surface area contributed by atoms with Crippen molar-refractivity contribution in [3.63, 3.8) is 0 Å². The van der Waals surface area contributed by atoms with Crippen LogP contribution in [0.25, 0.3) is 20.0 Å². The van der Waals surface area contributed by atoms with Crippen molar-refractivity contribution in [3.8, 4) is 20.0 Å². The van der Waals surface area contributed by atoms with E-state index < -0.39 is 41.0 Å². The van der Waals surface area contributed by atoms with E-state index in [0.29, 0.717) is 56.4 Å². The van der Waals surface area contributed by atoms with Crippen LogP contribution in [0.15, 0.2) is 147 Å². The topological polar surface area (TPSA) is 305 Å². The Hall–Kier alpha value is -10.8. The quantitative estimate of drug-likeness (QED) is 0.0632. The van der Waals surface area contributed by atoms with Gasteiger partial charge >= 0.3 is 17.9 Å². The van der Waals surface area contributed by atoms with Gasteiger partial charge in [0.25, 0.3) is 0 Å². The Morgan fingerprint density at radius 2 is 0.811 bits per heavy atom. The number of amides is 1. The second-order valence-corrected chi connectivity index (χ2v) is 40.3. The number of aryl methyl sites for hydroxylation is 6. The van der Waals surface area contributed by atoms with Crippen molar-refractivity contribution >= 4 is 138 Å². The summed E-state index contributed by atoms with van der Waals surface area (Å²) in [5, 5.41) is 37.9. The van der Waals surface area contributed by atoms with E-state index in [-0.39, 0.29) is 56.1 Å².